The van der Waals surface area contributed by atoms with Gasteiger partial charge in [-0.25, -0.2) is 4.52 Å². The third-order valence-electron chi connectivity index (χ3n) is 2.79. The molecule has 0 saturated heterocycles. The van der Waals surface area contributed by atoms with E-state index in [0.717, 1.165) is 16.8 Å². The van der Waals surface area contributed by atoms with E-state index in [-0.39, 0.29) is 11.8 Å². The summed E-state index contributed by atoms with van der Waals surface area (Å²) in [5.74, 6) is -0.0853. The van der Waals surface area contributed by atoms with Crippen LogP contribution in [0.1, 0.15) is 20.3 Å². The summed E-state index contributed by atoms with van der Waals surface area (Å²) in [6.07, 6.45) is 4.22. The van der Waals surface area contributed by atoms with Crippen molar-refractivity contribution in [3.05, 3.63) is 42.7 Å². The van der Waals surface area contributed by atoms with Crippen LogP contribution in [0.25, 0.3) is 5.52 Å². The lowest BCUT2D eigenvalue weighted by Crippen LogP contribution is -2.20. The Bertz CT molecular complexity index is 585. The van der Waals surface area contributed by atoms with E-state index in [0.29, 0.717) is 6.42 Å². The molecule has 0 aliphatic carbocycles. The first kappa shape index (κ1) is 12.4. The van der Waals surface area contributed by atoms with E-state index in [1.165, 1.54) is 0 Å². The number of anilines is 1. The Hall–Kier alpha value is -2.10. The van der Waals surface area contributed by atoms with Gasteiger partial charge < -0.3 is 5.32 Å². The molecule has 2 heterocycles. The third-order valence-corrected chi connectivity index (χ3v) is 2.79. The van der Waals surface area contributed by atoms with Crippen LogP contribution >= 0.6 is 0 Å². The fourth-order valence-corrected chi connectivity index (χ4v) is 1.90. The molecule has 2 aromatic rings. The van der Waals surface area contributed by atoms with Crippen LogP contribution in [-0.2, 0) is 4.79 Å². The van der Waals surface area contributed by atoms with Crippen molar-refractivity contribution in [1.82, 2.24) is 9.61 Å². The first-order valence-electron chi connectivity index (χ1n) is 5.95. The van der Waals surface area contributed by atoms with E-state index >= 15 is 0 Å². The van der Waals surface area contributed by atoms with E-state index in [2.05, 4.69) is 17.0 Å². The Kier molecular flexibility index (Phi) is 3.46. The highest BCUT2D eigenvalue weighted by molar-refractivity contribution is 5.96. The fraction of sp³-hybridized carbons (Fsp3) is 0.286. The van der Waals surface area contributed by atoms with Gasteiger partial charge in [-0.15, -0.1) is 6.58 Å². The molecule has 0 radical (unpaired) electrons. The van der Waals surface area contributed by atoms with Gasteiger partial charge in [-0.3, -0.25) is 4.79 Å². The van der Waals surface area contributed by atoms with Crippen molar-refractivity contribution in [2.24, 2.45) is 5.92 Å². The number of carbonyl (C=O) groups excluding carboxylic acids is 1. The second kappa shape index (κ2) is 5.04. The number of nitrogens with zero attached hydrogens (tertiary/aromatic N) is 2. The van der Waals surface area contributed by atoms with Crippen LogP contribution < -0.4 is 5.32 Å². The monoisotopic (exact) mass is 243 g/mol. The predicted molar refractivity (Wildman–Crippen MR) is 72.4 cm³/mol. The highest BCUT2D eigenvalue weighted by Gasteiger charge is 2.14. The molecule has 0 aliphatic rings. The Morgan fingerprint density at radius 3 is 3.06 bits per heavy atom. The molecule has 0 fully saturated rings. The van der Waals surface area contributed by atoms with Gasteiger partial charge in [-0.05, 0) is 25.5 Å². The fourth-order valence-electron chi connectivity index (χ4n) is 1.90. The molecule has 4 heteroatoms. The van der Waals surface area contributed by atoms with Crippen LogP contribution in [0.3, 0.4) is 0 Å². The van der Waals surface area contributed by atoms with Gasteiger partial charge in [0.25, 0.3) is 0 Å². The number of hydrogen-bond acceptors (Lipinski definition) is 2. The molecule has 0 aliphatic heterocycles. The minimum absolute atomic E-state index is 0.00301. The molecular formula is C14H17N3O. The smallest absolute Gasteiger partial charge is 0.227 e. The minimum atomic E-state index is -0.0823. The van der Waals surface area contributed by atoms with Crippen LogP contribution in [0.5, 0.6) is 0 Å². The van der Waals surface area contributed by atoms with E-state index < -0.39 is 0 Å². The number of nitrogens with one attached hydrogen (secondary N) is 1. The lowest BCUT2D eigenvalue weighted by molar-refractivity contribution is -0.119. The first-order valence-corrected chi connectivity index (χ1v) is 5.95. The van der Waals surface area contributed by atoms with Crippen LogP contribution in [0.15, 0.2) is 42.7 Å². The number of amides is 1. The molecule has 94 valence electrons. The maximum Gasteiger partial charge on any atom is 0.227 e. The summed E-state index contributed by atoms with van der Waals surface area (Å²) in [6, 6.07) is 5.74. The zero-order valence-corrected chi connectivity index (χ0v) is 10.7. The van der Waals surface area contributed by atoms with E-state index in [4.69, 9.17) is 0 Å². The number of rotatable bonds is 4. The molecule has 2 rings (SSSR count). The molecule has 1 N–H and O–H groups in total. The first-order chi connectivity index (χ1) is 8.58. The Morgan fingerprint density at radius 2 is 2.33 bits per heavy atom. The zero-order chi connectivity index (χ0) is 13.1. The number of carbonyl (C=O) groups is 1. The van der Waals surface area contributed by atoms with E-state index in [1.807, 2.05) is 38.2 Å². The lowest BCUT2D eigenvalue weighted by atomic mass is 10.0. The van der Waals surface area contributed by atoms with E-state index in [1.54, 1.807) is 10.7 Å². The Balaban J connectivity index is 2.14. The second-order valence-electron chi connectivity index (χ2n) is 4.64. The highest BCUT2D eigenvalue weighted by Crippen LogP contribution is 2.18. The molecular weight excluding hydrogens is 226 g/mol. The summed E-state index contributed by atoms with van der Waals surface area (Å²) in [5.41, 5.74) is 2.65. The topological polar surface area (TPSA) is 46.4 Å². The summed E-state index contributed by atoms with van der Waals surface area (Å²) in [6.45, 7) is 7.66. The number of hydrogen-bond donors (Lipinski definition) is 1. The van der Waals surface area contributed by atoms with Crippen LogP contribution in [-0.4, -0.2) is 15.5 Å². The standard InChI is InChI=1S/C14H17N3O/c1-10(2)8-11(3)14(18)16-12-9-15-17-7-5-4-6-13(12)17/h4-7,9,11H,1,8H2,2-3H3,(H,16,18). The molecule has 18 heavy (non-hydrogen) atoms. The van der Waals surface area contributed by atoms with E-state index in [9.17, 15) is 4.79 Å². The van der Waals surface area contributed by atoms with Crippen LogP contribution in [0, 0.1) is 5.92 Å². The summed E-state index contributed by atoms with van der Waals surface area (Å²) in [7, 11) is 0. The SMILES string of the molecule is C=C(C)CC(C)C(=O)Nc1cnn2ccccc12. The second-order valence-corrected chi connectivity index (χ2v) is 4.64. The lowest BCUT2D eigenvalue weighted by Gasteiger charge is -2.11. The normalized spacial score (nSPS) is 12.3. The van der Waals surface area contributed by atoms with Gasteiger partial charge >= 0.3 is 0 Å². The molecule has 1 amide bonds. The summed E-state index contributed by atoms with van der Waals surface area (Å²) in [5, 5.41) is 7.08. The molecule has 1 unspecified atom stereocenters. The average Bonchev–Trinajstić information content (AvgIpc) is 2.72. The molecule has 4 nitrogen and oxygen atoms in total. The average molecular weight is 243 g/mol. The van der Waals surface area contributed by atoms with Crippen molar-refractivity contribution < 1.29 is 4.79 Å². The molecule has 0 aromatic carbocycles. The van der Waals surface area contributed by atoms with Gasteiger partial charge in [0.05, 0.1) is 17.4 Å². The molecule has 0 saturated carbocycles. The van der Waals surface area contributed by atoms with Gasteiger partial charge in [-0.2, -0.15) is 5.10 Å². The van der Waals surface area contributed by atoms with Gasteiger partial charge in [0.1, 0.15) is 0 Å². The van der Waals surface area contributed by atoms with Crippen LogP contribution in [0.2, 0.25) is 0 Å². The number of pyridine rings is 1. The zero-order valence-electron chi connectivity index (χ0n) is 10.7. The number of fused-ring (bicyclic) bond motifs is 1. The largest absolute Gasteiger partial charge is 0.323 e. The Morgan fingerprint density at radius 1 is 1.56 bits per heavy atom. The molecule has 0 bridgehead atoms. The number of aromatic nitrogens is 2. The maximum absolute atomic E-state index is 12.0. The minimum Gasteiger partial charge on any atom is -0.323 e. The summed E-state index contributed by atoms with van der Waals surface area (Å²) < 4.78 is 1.74. The maximum atomic E-state index is 12.0. The van der Waals surface area contributed by atoms with Gasteiger partial charge in [0, 0.05) is 12.1 Å². The molecule has 0 spiro atoms. The van der Waals surface area contributed by atoms with Crippen molar-refractivity contribution in [2.75, 3.05) is 5.32 Å². The van der Waals surface area contributed by atoms with Gasteiger partial charge in [0.15, 0.2) is 0 Å². The third kappa shape index (κ3) is 2.59. The van der Waals surface area contributed by atoms with Crippen molar-refractivity contribution >= 4 is 17.1 Å². The van der Waals surface area contributed by atoms with Crippen molar-refractivity contribution in [3.63, 3.8) is 0 Å². The van der Waals surface area contributed by atoms with Gasteiger partial charge in [-0.1, -0.05) is 18.6 Å². The molecule has 2 aromatic heterocycles. The van der Waals surface area contributed by atoms with Gasteiger partial charge in [0.2, 0.25) is 5.91 Å². The summed E-state index contributed by atoms with van der Waals surface area (Å²) >= 11 is 0. The Labute approximate surface area is 106 Å². The summed E-state index contributed by atoms with van der Waals surface area (Å²) in [4.78, 5) is 12.0. The van der Waals surface area contributed by atoms with Crippen LogP contribution in [0.4, 0.5) is 5.69 Å². The van der Waals surface area contributed by atoms with Crippen molar-refractivity contribution in [3.8, 4) is 0 Å². The number of allylic oxidation sites excluding steroid dienone is 1. The van der Waals surface area contributed by atoms with Crippen molar-refractivity contribution in [1.29, 1.82) is 0 Å². The molecule has 1 atom stereocenters. The van der Waals surface area contributed by atoms with Crippen molar-refractivity contribution in [2.45, 2.75) is 20.3 Å². The predicted octanol–water partition coefficient (Wildman–Crippen LogP) is 2.88. The highest BCUT2D eigenvalue weighted by atomic mass is 16.1. The quantitative estimate of drug-likeness (QED) is 0.839.